The summed E-state index contributed by atoms with van der Waals surface area (Å²) in [6.45, 7) is 8.26. The van der Waals surface area contributed by atoms with Gasteiger partial charge in [0.15, 0.2) is 0 Å². The minimum atomic E-state index is -0.250. The molecule has 2 amide bonds. The van der Waals surface area contributed by atoms with E-state index >= 15 is 0 Å². The summed E-state index contributed by atoms with van der Waals surface area (Å²) in [5.74, 6) is -0.181. The molecule has 0 bridgehead atoms. The first-order valence-electron chi connectivity index (χ1n) is 9.09. The van der Waals surface area contributed by atoms with Gasteiger partial charge < -0.3 is 10.6 Å². The van der Waals surface area contributed by atoms with E-state index in [-0.39, 0.29) is 17.7 Å². The number of nitrogens with zero attached hydrogens (tertiary/aromatic N) is 3. The average Bonchev–Trinajstić information content (AvgIpc) is 3.06. The Morgan fingerprint density at radius 3 is 2.44 bits per heavy atom. The summed E-state index contributed by atoms with van der Waals surface area (Å²) < 4.78 is 0. The second kappa shape index (κ2) is 7.97. The molecule has 0 aromatic heterocycles. The van der Waals surface area contributed by atoms with Crippen LogP contribution in [0.5, 0.6) is 0 Å². The van der Waals surface area contributed by atoms with Gasteiger partial charge in [0.1, 0.15) is 0 Å². The SMILES string of the molecule is Cc1ccccc1CN1CCN(C(=O)CN2CCC(C(N)=O)C2)CC1. The first-order chi connectivity index (χ1) is 12.0. The molecule has 0 saturated carbocycles. The van der Waals surface area contributed by atoms with Crippen molar-refractivity contribution >= 4 is 11.8 Å². The summed E-state index contributed by atoms with van der Waals surface area (Å²) in [6, 6.07) is 8.47. The molecule has 2 aliphatic heterocycles. The molecule has 6 heteroatoms. The maximum absolute atomic E-state index is 12.5. The zero-order valence-electron chi connectivity index (χ0n) is 15.0. The summed E-state index contributed by atoms with van der Waals surface area (Å²) in [5.41, 5.74) is 8.03. The number of hydrogen-bond acceptors (Lipinski definition) is 4. The number of benzene rings is 1. The number of piperazine rings is 1. The van der Waals surface area contributed by atoms with Crippen molar-refractivity contribution in [2.75, 3.05) is 45.8 Å². The largest absolute Gasteiger partial charge is 0.369 e. The third-order valence-corrected chi connectivity index (χ3v) is 5.41. The Kier molecular flexibility index (Phi) is 5.71. The van der Waals surface area contributed by atoms with Crippen molar-refractivity contribution < 1.29 is 9.59 Å². The molecule has 2 saturated heterocycles. The Hall–Kier alpha value is -1.92. The first kappa shape index (κ1) is 17.9. The molecule has 0 spiro atoms. The summed E-state index contributed by atoms with van der Waals surface area (Å²) in [4.78, 5) is 30.1. The molecule has 0 radical (unpaired) electrons. The molecule has 1 aromatic carbocycles. The van der Waals surface area contributed by atoms with E-state index in [1.165, 1.54) is 11.1 Å². The Morgan fingerprint density at radius 2 is 1.80 bits per heavy atom. The molecule has 25 heavy (non-hydrogen) atoms. The average molecular weight is 344 g/mol. The van der Waals surface area contributed by atoms with Crippen LogP contribution in [0.25, 0.3) is 0 Å². The fraction of sp³-hybridized carbons (Fsp3) is 0.579. The van der Waals surface area contributed by atoms with E-state index in [1.54, 1.807) is 0 Å². The zero-order valence-corrected chi connectivity index (χ0v) is 15.0. The summed E-state index contributed by atoms with van der Waals surface area (Å²) >= 11 is 0. The number of primary amides is 1. The third-order valence-electron chi connectivity index (χ3n) is 5.41. The van der Waals surface area contributed by atoms with E-state index in [4.69, 9.17) is 5.73 Å². The monoisotopic (exact) mass is 344 g/mol. The van der Waals surface area contributed by atoms with Gasteiger partial charge in [-0.2, -0.15) is 0 Å². The minimum absolute atomic E-state index is 0.0984. The fourth-order valence-electron chi connectivity index (χ4n) is 3.68. The molecule has 136 valence electrons. The van der Waals surface area contributed by atoms with Crippen LogP contribution in [0.3, 0.4) is 0 Å². The van der Waals surface area contributed by atoms with Gasteiger partial charge in [0.25, 0.3) is 0 Å². The highest BCUT2D eigenvalue weighted by Gasteiger charge is 2.29. The van der Waals surface area contributed by atoms with Crippen LogP contribution in [0.4, 0.5) is 0 Å². The normalized spacial score (nSPS) is 22.3. The van der Waals surface area contributed by atoms with Crippen molar-refractivity contribution in [2.24, 2.45) is 11.7 Å². The zero-order chi connectivity index (χ0) is 17.8. The standard InChI is InChI=1S/C19H28N4O2/c1-15-4-2-3-5-16(15)12-21-8-10-23(11-9-21)18(24)14-22-7-6-17(13-22)19(20)25/h2-5,17H,6-14H2,1H3,(H2,20,25). The predicted octanol–water partition coefficient (Wildman–Crippen LogP) is 0.446. The number of hydrogen-bond donors (Lipinski definition) is 1. The second-order valence-electron chi connectivity index (χ2n) is 7.21. The van der Waals surface area contributed by atoms with Gasteiger partial charge in [-0.05, 0) is 31.0 Å². The maximum Gasteiger partial charge on any atom is 0.236 e. The quantitative estimate of drug-likeness (QED) is 0.842. The molecule has 6 nitrogen and oxygen atoms in total. The summed E-state index contributed by atoms with van der Waals surface area (Å²) in [5, 5.41) is 0. The lowest BCUT2D eigenvalue weighted by atomic mass is 10.1. The van der Waals surface area contributed by atoms with E-state index in [1.807, 2.05) is 4.90 Å². The van der Waals surface area contributed by atoms with E-state index in [0.717, 1.165) is 45.7 Å². The fourth-order valence-corrected chi connectivity index (χ4v) is 3.68. The van der Waals surface area contributed by atoms with Crippen molar-refractivity contribution in [1.82, 2.24) is 14.7 Å². The van der Waals surface area contributed by atoms with Crippen LogP contribution >= 0.6 is 0 Å². The lowest BCUT2D eigenvalue weighted by Gasteiger charge is -2.35. The first-order valence-corrected chi connectivity index (χ1v) is 9.09. The van der Waals surface area contributed by atoms with E-state index in [0.29, 0.717) is 13.1 Å². The molecular weight excluding hydrogens is 316 g/mol. The number of rotatable bonds is 5. The van der Waals surface area contributed by atoms with Crippen LogP contribution in [0.1, 0.15) is 17.5 Å². The summed E-state index contributed by atoms with van der Waals surface area (Å²) in [6.07, 6.45) is 0.771. The van der Waals surface area contributed by atoms with Crippen LogP contribution < -0.4 is 5.73 Å². The molecule has 1 atom stereocenters. The highest BCUT2D eigenvalue weighted by Crippen LogP contribution is 2.16. The third kappa shape index (κ3) is 4.58. The van der Waals surface area contributed by atoms with Gasteiger partial charge >= 0.3 is 0 Å². The number of aryl methyl sites for hydroxylation is 1. The van der Waals surface area contributed by atoms with Crippen molar-refractivity contribution in [3.63, 3.8) is 0 Å². The number of carbonyl (C=O) groups excluding carboxylic acids is 2. The summed E-state index contributed by atoms with van der Waals surface area (Å²) in [7, 11) is 0. The highest BCUT2D eigenvalue weighted by atomic mass is 16.2. The number of likely N-dealkylation sites (tertiary alicyclic amines) is 1. The molecule has 1 aromatic rings. The van der Waals surface area contributed by atoms with Crippen molar-refractivity contribution in [1.29, 1.82) is 0 Å². The molecule has 2 heterocycles. The topological polar surface area (TPSA) is 69.9 Å². The van der Waals surface area contributed by atoms with Gasteiger partial charge in [-0.3, -0.25) is 19.4 Å². The van der Waals surface area contributed by atoms with Gasteiger partial charge in [-0.1, -0.05) is 24.3 Å². The minimum Gasteiger partial charge on any atom is -0.369 e. The molecule has 0 aliphatic carbocycles. The van der Waals surface area contributed by atoms with E-state index < -0.39 is 0 Å². The maximum atomic E-state index is 12.5. The Bertz CT molecular complexity index is 626. The Balaban J connectivity index is 1.43. The van der Waals surface area contributed by atoms with E-state index in [9.17, 15) is 9.59 Å². The van der Waals surface area contributed by atoms with E-state index in [2.05, 4.69) is 41.0 Å². The van der Waals surface area contributed by atoms with Gasteiger partial charge in [0, 0.05) is 39.3 Å². The van der Waals surface area contributed by atoms with Crippen LogP contribution in [0, 0.1) is 12.8 Å². The van der Waals surface area contributed by atoms with Crippen molar-refractivity contribution in [3.8, 4) is 0 Å². The van der Waals surface area contributed by atoms with Crippen LogP contribution in [0.15, 0.2) is 24.3 Å². The Labute approximate surface area is 149 Å². The lowest BCUT2D eigenvalue weighted by Crippen LogP contribution is -2.50. The number of nitrogens with two attached hydrogens (primary N) is 1. The second-order valence-corrected chi connectivity index (χ2v) is 7.21. The number of carbonyl (C=O) groups is 2. The lowest BCUT2D eigenvalue weighted by molar-refractivity contribution is -0.134. The van der Waals surface area contributed by atoms with Crippen molar-refractivity contribution in [3.05, 3.63) is 35.4 Å². The molecule has 2 aliphatic rings. The smallest absolute Gasteiger partial charge is 0.236 e. The van der Waals surface area contributed by atoms with Gasteiger partial charge in [0.05, 0.1) is 12.5 Å². The highest BCUT2D eigenvalue weighted by molar-refractivity contribution is 5.79. The molecule has 1 unspecified atom stereocenters. The predicted molar refractivity (Wildman–Crippen MR) is 96.8 cm³/mol. The molecule has 2 fully saturated rings. The van der Waals surface area contributed by atoms with Crippen LogP contribution in [-0.2, 0) is 16.1 Å². The van der Waals surface area contributed by atoms with Crippen LogP contribution in [-0.4, -0.2) is 72.3 Å². The van der Waals surface area contributed by atoms with Gasteiger partial charge in [0.2, 0.25) is 11.8 Å². The number of amides is 2. The van der Waals surface area contributed by atoms with Gasteiger partial charge in [-0.15, -0.1) is 0 Å². The Morgan fingerprint density at radius 1 is 1.08 bits per heavy atom. The van der Waals surface area contributed by atoms with Crippen molar-refractivity contribution in [2.45, 2.75) is 19.9 Å². The molecular formula is C19H28N4O2. The molecule has 2 N–H and O–H groups in total. The van der Waals surface area contributed by atoms with Gasteiger partial charge in [-0.25, -0.2) is 0 Å². The van der Waals surface area contributed by atoms with Crippen LogP contribution in [0.2, 0.25) is 0 Å². The molecule has 3 rings (SSSR count).